The van der Waals surface area contributed by atoms with E-state index in [0.717, 1.165) is 19.3 Å². The lowest BCUT2D eigenvalue weighted by Crippen LogP contribution is -2.45. The largest absolute Gasteiger partial charge is 0.455 e. The summed E-state index contributed by atoms with van der Waals surface area (Å²) in [6.45, 7) is 11.8. The highest BCUT2D eigenvalue weighted by molar-refractivity contribution is 5.87. The third-order valence-electron chi connectivity index (χ3n) is 4.05. The van der Waals surface area contributed by atoms with Gasteiger partial charge in [0, 0.05) is 11.0 Å². The zero-order chi connectivity index (χ0) is 12.4. The molecule has 1 aliphatic rings. The quantitative estimate of drug-likeness (QED) is 0.404. The van der Waals surface area contributed by atoms with E-state index in [1.807, 2.05) is 0 Å². The van der Waals surface area contributed by atoms with E-state index in [1.54, 1.807) is 6.92 Å². The normalized spacial score (nSPS) is 29.2. The molecule has 0 spiro atoms. The average molecular weight is 224 g/mol. The van der Waals surface area contributed by atoms with Crippen LogP contribution in [0, 0.1) is 5.41 Å². The molecule has 0 aromatic carbocycles. The molecule has 1 aliphatic carbocycles. The van der Waals surface area contributed by atoms with Gasteiger partial charge in [-0.15, -0.1) is 0 Å². The summed E-state index contributed by atoms with van der Waals surface area (Å²) in [6.07, 6.45) is 5.69. The molecule has 92 valence electrons. The molecule has 1 atom stereocenters. The van der Waals surface area contributed by atoms with Gasteiger partial charge in [0.15, 0.2) is 0 Å². The van der Waals surface area contributed by atoms with E-state index < -0.39 is 0 Å². The standard InChI is InChI=1S/C14H24O2/c1-11(2)12(15)16-14(5)10-8-6-7-9-13(14,3)4/h1,6-10H2,2-5H3. The number of carbonyl (C=O) groups is 1. The Balaban J connectivity index is 2.86. The molecule has 2 heteroatoms. The molecule has 16 heavy (non-hydrogen) atoms. The second-order valence-corrected chi connectivity index (χ2v) is 5.85. The minimum absolute atomic E-state index is 0.0502. The Labute approximate surface area is 99.1 Å². The molecule has 0 aromatic rings. The van der Waals surface area contributed by atoms with E-state index in [9.17, 15) is 4.79 Å². The van der Waals surface area contributed by atoms with Crippen LogP contribution in [0.25, 0.3) is 0 Å². The maximum atomic E-state index is 11.7. The predicted molar refractivity (Wildman–Crippen MR) is 66.2 cm³/mol. The minimum Gasteiger partial charge on any atom is -0.455 e. The molecule has 1 fully saturated rings. The van der Waals surface area contributed by atoms with Crippen LogP contribution in [-0.2, 0) is 9.53 Å². The van der Waals surface area contributed by atoms with Gasteiger partial charge < -0.3 is 4.74 Å². The van der Waals surface area contributed by atoms with E-state index in [1.165, 1.54) is 12.8 Å². The van der Waals surface area contributed by atoms with Gasteiger partial charge in [0.1, 0.15) is 5.60 Å². The Bertz CT molecular complexity index is 291. The van der Waals surface area contributed by atoms with Gasteiger partial charge in [-0.25, -0.2) is 4.79 Å². The Morgan fingerprint density at radius 2 is 1.69 bits per heavy atom. The number of esters is 1. The summed E-state index contributed by atoms with van der Waals surface area (Å²) in [5.41, 5.74) is 0.190. The van der Waals surface area contributed by atoms with Crippen LogP contribution in [0.1, 0.15) is 59.8 Å². The van der Waals surface area contributed by atoms with Crippen LogP contribution in [0.15, 0.2) is 12.2 Å². The first kappa shape index (κ1) is 13.3. The van der Waals surface area contributed by atoms with E-state index in [4.69, 9.17) is 4.74 Å². The van der Waals surface area contributed by atoms with Gasteiger partial charge in [-0.2, -0.15) is 0 Å². The van der Waals surface area contributed by atoms with Gasteiger partial charge in [-0.1, -0.05) is 33.3 Å². The Hall–Kier alpha value is -0.790. The highest BCUT2D eigenvalue weighted by Gasteiger charge is 2.44. The van der Waals surface area contributed by atoms with Crippen molar-refractivity contribution < 1.29 is 9.53 Å². The fourth-order valence-corrected chi connectivity index (χ4v) is 2.29. The SMILES string of the molecule is C=C(C)C(=O)OC1(C)CCCCCC1(C)C. The first-order valence-electron chi connectivity index (χ1n) is 6.17. The highest BCUT2D eigenvalue weighted by Crippen LogP contribution is 2.44. The summed E-state index contributed by atoms with van der Waals surface area (Å²) < 4.78 is 5.70. The van der Waals surface area contributed by atoms with Crippen LogP contribution >= 0.6 is 0 Å². The van der Waals surface area contributed by atoms with E-state index >= 15 is 0 Å². The van der Waals surface area contributed by atoms with Crippen molar-refractivity contribution >= 4 is 5.97 Å². The van der Waals surface area contributed by atoms with Gasteiger partial charge >= 0.3 is 5.97 Å². The van der Waals surface area contributed by atoms with Crippen molar-refractivity contribution in [1.82, 2.24) is 0 Å². The second-order valence-electron chi connectivity index (χ2n) is 5.85. The Kier molecular flexibility index (Phi) is 3.82. The van der Waals surface area contributed by atoms with E-state index in [2.05, 4.69) is 27.4 Å². The minimum atomic E-state index is -0.348. The summed E-state index contributed by atoms with van der Waals surface area (Å²) >= 11 is 0. The number of ether oxygens (including phenoxy) is 1. The van der Waals surface area contributed by atoms with Gasteiger partial charge in [-0.05, 0) is 33.1 Å². The van der Waals surface area contributed by atoms with Crippen molar-refractivity contribution in [1.29, 1.82) is 0 Å². The molecule has 0 amide bonds. The van der Waals surface area contributed by atoms with Crippen LogP contribution in [-0.4, -0.2) is 11.6 Å². The smallest absolute Gasteiger partial charge is 0.333 e. The summed E-state index contributed by atoms with van der Waals surface area (Å²) in [6, 6.07) is 0. The van der Waals surface area contributed by atoms with E-state index in [-0.39, 0.29) is 17.0 Å². The first-order valence-corrected chi connectivity index (χ1v) is 6.17. The number of hydrogen-bond donors (Lipinski definition) is 0. The molecular weight excluding hydrogens is 200 g/mol. The third-order valence-corrected chi connectivity index (χ3v) is 4.05. The summed E-state index contributed by atoms with van der Waals surface area (Å²) in [5.74, 6) is -0.252. The summed E-state index contributed by atoms with van der Waals surface area (Å²) in [7, 11) is 0. The van der Waals surface area contributed by atoms with Crippen LogP contribution in [0.4, 0.5) is 0 Å². The molecule has 1 saturated carbocycles. The maximum Gasteiger partial charge on any atom is 0.333 e. The highest BCUT2D eigenvalue weighted by atomic mass is 16.6. The number of carbonyl (C=O) groups excluding carboxylic acids is 1. The van der Waals surface area contributed by atoms with Crippen molar-refractivity contribution in [2.45, 2.75) is 65.4 Å². The fourth-order valence-electron chi connectivity index (χ4n) is 2.29. The molecule has 1 rings (SSSR count). The Morgan fingerprint density at radius 3 is 2.25 bits per heavy atom. The first-order chi connectivity index (χ1) is 7.28. The van der Waals surface area contributed by atoms with Gasteiger partial charge in [0.2, 0.25) is 0 Å². The zero-order valence-electron chi connectivity index (χ0n) is 11.1. The van der Waals surface area contributed by atoms with Crippen molar-refractivity contribution in [3.05, 3.63) is 12.2 Å². The monoisotopic (exact) mass is 224 g/mol. The Morgan fingerprint density at radius 1 is 1.12 bits per heavy atom. The van der Waals surface area contributed by atoms with Crippen molar-refractivity contribution in [2.75, 3.05) is 0 Å². The molecule has 0 bridgehead atoms. The lowest BCUT2D eigenvalue weighted by atomic mass is 9.72. The maximum absolute atomic E-state index is 11.7. The second kappa shape index (κ2) is 4.60. The van der Waals surface area contributed by atoms with E-state index in [0.29, 0.717) is 5.57 Å². The third kappa shape index (κ3) is 2.66. The number of hydrogen-bond acceptors (Lipinski definition) is 2. The molecule has 0 aliphatic heterocycles. The summed E-state index contributed by atoms with van der Waals surface area (Å²) in [4.78, 5) is 11.7. The van der Waals surface area contributed by atoms with Crippen molar-refractivity contribution in [3.63, 3.8) is 0 Å². The zero-order valence-corrected chi connectivity index (χ0v) is 11.1. The van der Waals surface area contributed by atoms with Gasteiger partial charge in [0.05, 0.1) is 0 Å². The van der Waals surface area contributed by atoms with Crippen molar-refractivity contribution in [2.24, 2.45) is 5.41 Å². The van der Waals surface area contributed by atoms with Crippen LogP contribution in [0.5, 0.6) is 0 Å². The van der Waals surface area contributed by atoms with Crippen LogP contribution in [0.2, 0.25) is 0 Å². The molecule has 0 saturated heterocycles. The lowest BCUT2D eigenvalue weighted by molar-refractivity contribution is -0.167. The fraction of sp³-hybridized carbons (Fsp3) is 0.786. The van der Waals surface area contributed by atoms with Gasteiger partial charge in [0.25, 0.3) is 0 Å². The average Bonchev–Trinajstić information content (AvgIpc) is 2.27. The molecule has 1 unspecified atom stereocenters. The number of rotatable bonds is 2. The summed E-state index contributed by atoms with van der Waals surface area (Å²) in [5, 5.41) is 0. The molecule has 0 N–H and O–H groups in total. The molecule has 0 heterocycles. The van der Waals surface area contributed by atoms with Gasteiger partial charge in [-0.3, -0.25) is 0 Å². The molecule has 2 nitrogen and oxygen atoms in total. The molecule has 0 aromatic heterocycles. The van der Waals surface area contributed by atoms with Crippen LogP contribution < -0.4 is 0 Å². The molecule has 0 radical (unpaired) electrons. The van der Waals surface area contributed by atoms with Crippen LogP contribution in [0.3, 0.4) is 0 Å². The molecular formula is C14H24O2. The predicted octanol–water partition coefficient (Wildman–Crippen LogP) is 3.85. The lowest BCUT2D eigenvalue weighted by Gasteiger charge is -2.42. The topological polar surface area (TPSA) is 26.3 Å². The van der Waals surface area contributed by atoms with Crippen molar-refractivity contribution in [3.8, 4) is 0 Å².